The number of nitrogens with one attached hydrogen (secondary N) is 2. The van der Waals surface area contributed by atoms with Crippen molar-refractivity contribution in [2.45, 2.75) is 172 Å². The maximum Gasteiger partial charge on any atom is 0.219 e. The zero-order valence-corrected chi connectivity index (χ0v) is 47.8. The van der Waals surface area contributed by atoms with Crippen molar-refractivity contribution in [3.8, 4) is 0 Å². The lowest BCUT2D eigenvalue weighted by Gasteiger charge is -2.03. The highest BCUT2D eigenvalue weighted by Crippen LogP contribution is 2.15. The van der Waals surface area contributed by atoms with E-state index in [1.807, 2.05) is 141 Å². The second kappa shape index (κ2) is 32.5. The van der Waals surface area contributed by atoms with E-state index < -0.39 is 0 Å². The zero-order chi connectivity index (χ0) is 54.0. The van der Waals surface area contributed by atoms with Gasteiger partial charge in [-0.1, -0.05) is 111 Å². The molecule has 394 valence electrons. The molecule has 8 rings (SSSR count). The number of nitrogens with zero attached hydrogens (tertiary/aromatic N) is 14. The summed E-state index contributed by atoms with van der Waals surface area (Å²) in [7, 11) is 9.84. The second-order valence-corrected chi connectivity index (χ2v) is 19.9. The van der Waals surface area contributed by atoms with Gasteiger partial charge in [0.05, 0.1) is 30.2 Å². The van der Waals surface area contributed by atoms with E-state index in [9.17, 15) is 0 Å². The summed E-state index contributed by atoms with van der Waals surface area (Å²) in [6.45, 7) is 38.0. The van der Waals surface area contributed by atoms with Crippen LogP contribution in [0.2, 0.25) is 0 Å². The molecule has 0 unspecified atom stereocenters. The molecule has 0 fully saturated rings. The minimum Gasteiger partial charge on any atom is -0.425 e. The average molecular weight is 981 g/mol. The van der Waals surface area contributed by atoms with Crippen molar-refractivity contribution in [1.29, 1.82) is 0 Å². The topological polar surface area (TPSA) is 185 Å². The van der Waals surface area contributed by atoms with Crippen LogP contribution in [0, 0.1) is 13.8 Å². The second-order valence-electron chi connectivity index (χ2n) is 19.9. The van der Waals surface area contributed by atoms with Gasteiger partial charge in [-0.15, -0.1) is 10.2 Å². The Bertz CT molecular complexity index is 2310. The van der Waals surface area contributed by atoms with Gasteiger partial charge < -0.3 is 14.0 Å². The molecule has 0 bridgehead atoms. The molecule has 0 saturated heterocycles. The molecule has 0 aliphatic heterocycles. The lowest BCUT2D eigenvalue weighted by Crippen LogP contribution is -1.99. The highest BCUT2D eigenvalue weighted by atomic mass is 16.4. The molecule has 17 heteroatoms. The van der Waals surface area contributed by atoms with Gasteiger partial charge in [0.1, 0.15) is 0 Å². The number of aryl methyl sites for hydroxylation is 7. The predicted octanol–water partition coefficient (Wildman–Crippen LogP) is 12.6. The third-order valence-electron chi connectivity index (χ3n) is 10.6. The number of aromatic nitrogens is 16. The molecule has 0 spiro atoms. The van der Waals surface area contributed by atoms with Crippen molar-refractivity contribution in [2.75, 3.05) is 0 Å². The summed E-state index contributed by atoms with van der Waals surface area (Å²) in [5.74, 6) is 5.71. The molecule has 0 saturated carbocycles. The smallest absolute Gasteiger partial charge is 0.219 e. The van der Waals surface area contributed by atoms with Crippen LogP contribution in [-0.2, 0) is 35.2 Å². The molecule has 0 radical (unpaired) electrons. The molecule has 0 aliphatic rings. The van der Waals surface area contributed by atoms with Gasteiger partial charge in [-0.25, -0.2) is 9.97 Å². The first-order chi connectivity index (χ1) is 33.2. The Balaban J connectivity index is 0.000000406. The molecule has 0 aromatic carbocycles. The molecule has 8 aromatic rings. The lowest BCUT2D eigenvalue weighted by molar-refractivity contribution is 0.448. The van der Waals surface area contributed by atoms with Crippen LogP contribution >= 0.6 is 0 Å². The predicted molar refractivity (Wildman–Crippen MR) is 290 cm³/mol. The van der Waals surface area contributed by atoms with E-state index in [0.29, 0.717) is 59.1 Å². The zero-order valence-electron chi connectivity index (χ0n) is 47.8. The van der Waals surface area contributed by atoms with Crippen LogP contribution in [0.1, 0.15) is 215 Å². The van der Waals surface area contributed by atoms with Crippen LogP contribution < -0.4 is 0 Å². The molecule has 8 aromatic heterocycles. The molecule has 17 nitrogen and oxygen atoms in total. The van der Waals surface area contributed by atoms with Crippen LogP contribution in [0.4, 0.5) is 0 Å². The van der Waals surface area contributed by atoms with Gasteiger partial charge >= 0.3 is 0 Å². The van der Waals surface area contributed by atoms with Gasteiger partial charge in [-0.3, -0.25) is 23.8 Å². The van der Waals surface area contributed by atoms with Crippen molar-refractivity contribution in [2.24, 2.45) is 35.2 Å². The molecule has 8 heterocycles. The van der Waals surface area contributed by atoms with Gasteiger partial charge in [-0.2, -0.15) is 25.5 Å². The van der Waals surface area contributed by atoms with Gasteiger partial charge in [0.25, 0.3) is 0 Å². The normalized spacial score (nSPS) is 10.6. The number of hydrogen-bond donors (Lipinski definition) is 2. The first-order valence-electron chi connectivity index (χ1n) is 24.9. The van der Waals surface area contributed by atoms with Gasteiger partial charge in [0.2, 0.25) is 11.8 Å². The maximum atomic E-state index is 5.12. The Kier molecular flexibility index (Phi) is 28.7. The lowest BCUT2D eigenvalue weighted by atomic mass is 10.1. The number of hydrogen-bond acceptors (Lipinski definition) is 10. The van der Waals surface area contributed by atoms with Crippen molar-refractivity contribution in [3.63, 3.8) is 0 Å². The Morgan fingerprint density at radius 3 is 1.39 bits per heavy atom. The largest absolute Gasteiger partial charge is 0.425 e. The fourth-order valence-corrected chi connectivity index (χ4v) is 6.24. The fraction of sp³-hybridized carbons (Fsp3) is 0.574. The molecule has 2 N–H and O–H groups in total. The quantitative estimate of drug-likeness (QED) is 0.148. The molecular formula is C54H92N16O. The molecular weight excluding hydrogens is 889 g/mol. The van der Waals surface area contributed by atoms with E-state index in [4.69, 9.17) is 4.42 Å². The Morgan fingerprint density at radius 2 is 1.17 bits per heavy atom. The van der Waals surface area contributed by atoms with Crippen molar-refractivity contribution in [3.05, 3.63) is 138 Å². The van der Waals surface area contributed by atoms with E-state index in [0.717, 1.165) is 11.4 Å². The summed E-state index contributed by atoms with van der Waals surface area (Å²) >= 11 is 0. The van der Waals surface area contributed by atoms with Crippen molar-refractivity contribution >= 4 is 0 Å². The first-order valence-corrected chi connectivity index (χ1v) is 24.9. The monoisotopic (exact) mass is 981 g/mol. The minimum absolute atomic E-state index is 0.339. The number of rotatable bonds is 8. The Hall–Kier alpha value is -6.39. The summed E-state index contributed by atoms with van der Waals surface area (Å²) in [4.78, 5) is 10.9. The molecule has 0 atom stereocenters. The maximum absolute atomic E-state index is 5.12. The standard InChI is InChI=1S/C8H14N2.4C7H12N2.C6H10N2O.2C6H10N2/c1-6(2)8-5-7(3)9-10(8)4;1-6(2)7-4-8-5-9(7)3;1-6(2)7-4-8-9(3)5-7;1-6(2)7-4-5-9(3)8-7;1-6(2)7-4-5-8-9(7)3;1-4(2)6-8-7-5(3)9-6;1-5(2)6-3-7-4-8-6;1-5(2)6-3-4-7-8-6/h5-6H,1-4H3;4*4-6H,1-3H3;4H,1-3H3;2*3-5H,1-2H3,(H,7,8). The highest BCUT2D eigenvalue weighted by molar-refractivity contribution is 5.12. The van der Waals surface area contributed by atoms with Gasteiger partial charge in [0.15, 0.2) is 0 Å². The summed E-state index contributed by atoms with van der Waals surface area (Å²) in [6, 6.07) is 8.21. The third-order valence-corrected chi connectivity index (χ3v) is 10.6. The van der Waals surface area contributed by atoms with Crippen LogP contribution in [0.15, 0.2) is 84.7 Å². The van der Waals surface area contributed by atoms with Crippen LogP contribution in [0.3, 0.4) is 0 Å². The summed E-state index contributed by atoms with van der Waals surface area (Å²) in [6.07, 6.45) is 16.8. The SMILES string of the molecule is CC(C)c1ccn(C)n1.CC(C)c1ccn[nH]1.CC(C)c1ccnn1C.CC(C)c1cnc[nH]1.CC(C)c1cncn1C.CC(C)c1cnn(C)c1.Cc1cc(C(C)C)n(C)n1.Cc1nnc(C(C)C)o1. The van der Waals surface area contributed by atoms with E-state index >= 15 is 0 Å². The number of H-pyrrole nitrogens is 2. The van der Waals surface area contributed by atoms with Crippen LogP contribution in [-0.4, -0.2) is 79.0 Å². The fourth-order valence-electron chi connectivity index (χ4n) is 6.24. The van der Waals surface area contributed by atoms with E-state index in [-0.39, 0.29) is 0 Å². The highest BCUT2D eigenvalue weighted by Gasteiger charge is 2.07. The Morgan fingerprint density at radius 1 is 0.535 bits per heavy atom. The minimum atomic E-state index is 0.339. The third kappa shape index (κ3) is 24.8. The first kappa shape index (κ1) is 62.6. The number of aromatic amines is 2. The summed E-state index contributed by atoms with van der Waals surface area (Å²) < 4.78 is 14.7. The van der Waals surface area contributed by atoms with E-state index in [1.165, 1.54) is 34.0 Å². The van der Waals surface area contributed by atoms with Crippen LogP contribution in [0.5, 0.6) is 0 Å². The van der Waals surface area contributed by atoms with Crippen LogP contribution in [0.25, 0.3) is 0 Å². The van der Waals surface area contributed by atoms with Gasteiger partial charge in [-0.05, 0) is 78.2 Å². The summed E-state index contributed by atoms with van der Waals surface area (Å²) in [5.41, 5.74) is 9.85. The van der Waals surface area contributed by atoms with Gasteiger partial charge in [0, 0.05) is 114 Å². The number of imidazole rings is 2. The van der Waals surface area contributed by atoms with Crippen molar-refractivity contribution < 1.29 is 4.42 Å². The molecule has 0 amide bonds. The average Bonchev–Trinajstić information content (AvgIpc) is 4.13. The molecule has 71 heavy (non-hydrogen) atoms. The molecule has 0 aliphatic carbocycles. The van der Waals surface area contributed by atoms with Crippen molar-refractivity contribution in [1.82, 2.24) is 79.0 Å². The Labute approximate surface area is 426 Å². The van der Waals surface area contributed by atoms with E-state index in [1.54, 1.807) is 19.4 Å². The van der Waals surface area contributed by atoms with E-state index in [2.05, 4.69) is 159 Å². The summed E-state index contributed by atoms with van der Waals surface area (Å²) in [5, 5.41) is 30.8.